The maximum atomic E-state index is 13.2. The Bertz CT molecular complexity index is 1360. The van der Waals surface area contributed by atoms with Crippen molar-refractivity contribution in [2.75, 3.05) is 13.2 Å². The Morgan fingerprint density at radius 2 is 1.24 bits per heavy atom. The molecule has 4 aliphatic rings. The molecule has 0 heterocycles. The Balaban J connectivity index is 0.000000171. The summed E-state index contributed by atoms with van der Waals surface area (Å²) in [6, 6.07) is 32.2. The van der Waals surface area contributed by atoms with Crippen LogP contribution >= 0.6 is 0 Å². The molecule has 2 atom stereocenters. The van der Waals surface area contributed by atoms with Crippen molar-refractivity contribution in [3.05, 3.63) is 91.0 Å². The molecule has 42 heavy (non-hydrogen) atoms. The highest BCUT2D eigenvalue weighted by Crippen LogP contribution is 2.65. The first kappa shape index (κ1) is 30.7. The van der Waals surface area contributed by atoms with Gasteiger partial charge in [-0.25, -0.2) is 13.2 Å². The van der Waals surface area contributed by atoms with Crippen LogP contribution < -0.4 is 0 Å². The number of esters is 1. The van der Waals surface area contributed by atoms with Crippen LogP contribution in [0.25, 0.3) is 0 Å². The second kappa shape index (κ2) is 12.1. The fourth-order valence-corrected chi connectivity index (χ4v) is 9.85. The highest BCUT2D eigenvalue weighted by molar-refractivity contribution is 7.97. The lowest BCUT2D eigenvalue weighted by Gasteiger charge is -2.61. The number of alkyl halides is 2. The lowest BCUT2D eigenvalue weighted by atomic mass is 9.44. The SMILES string of the molecule is O=C(OCC12CC3CC(CC(CO)(C3)C1)C2)C(F)(F)S(=O)(=O)[O-].c1ccc([S+](c2ccccc2)c2ccccc2)cc1. The molecule has 0 aliphatic heterocycles. The van der Waals surface area contributed by atoms with Crippen LogP contribution in [-0.2, 0) is 30.5 Å². The van der Waals surface area contributed by atoms with Gasteiger partial charge < -0.3 is 14.4 Å². The van der Waals surface area contributed by atoms with Gasteiger partial charge in [0.05, 0.1) is 17.5 Å². The van der Waals surface area contributed by atoms with Crippen LogP contribution in [0.2, 0.25) is 0 Å². The van der Waals surface area contributed by atoms with Crippen LogP contribution in [0, 0.1) is 22.7 Å². The van der Waals surface area contributed by atoms with Crippen molar-refractivity contribution < 1.29 is 36.4 Å². The van der Waals surface area contributed by atoms with E-state index in [-0.39, 0.29) is 29.5 Å². The van der Waals surface area contributed by atoms with Gasteiger partial charge in [-0.2, -0.15) is 8.78 Å². The first-order valence-electron chi connectivity index (χ1n) is 14.0. The van der Waals surface area contributed by atoms with Gasteiger partial charge >= 0.3 is 11.2 Å². The van der Waals surface area contributed by atoms with Gasteiger partial charge in [-0.15, -0.1) is 0 Å². The number of halogens is 2. The fourth-order valence-electron chi connectivity index (χ4n) is 7.49. The van der Waals surface area contributed by atoms with Crippen LogP contribution in [-0.4, -0.2) is 42.5 Å². The highest BCUT2D eigenvalue weighted by Gasteiger charge is 2.58. The predicted molar refractivity (Wildman–Crippen MR) is 154 cm³/mol. The van der Waals surface area contributed by atoms with Gasteiger partial charge in [-0.1, -0.05) is 54.6 Å². The Morgan fingerprint density at radius 1 is 0.833 bits per heavy atom. The molecular formula is C32H34F2O6S2. The summed E-state index contributed by atoms with van der Waals surface area (Å²) in [6.45, 7) is -0.313. The molecule has 4 fully saturated rings. The number of hydrogen-bond donors (Lipinski definition) is 1. The van der Waals surface area contributed by atoms with E-state index in [1.807, 2.05) is 0 Å². The molecule has 1 N–H and O–H groups in total. The van der Waals surface area contributed by atoms with Gasteiger partial charge in [0, 0.05) is 12.0 Å². The third-order valence-electron chi connectivity index (χ3n) is 8.64. The van der Waals surface area contributed by atoms with E-state index in [1.54, 1.807) is 0 Å². The topological polar surface area (TPSA) is 104 Å². The molecule has 224 valence electrons. The maximum Gasteiger partial charge on any atom is 0.428 e. The second-order valence-corrected chi connectivity index (χ2v) is 15.4. The molecule has 7 rings (SSSR count). The zero-order valence-corrected chi connectivity index (χ0v) is 24.7. The standard InChI is InChI=1S/C18H15S.C14H20F2O6S/c1-4-10-16(11-5-1)19(17-12-6-2-7-13-17)18-14-8-3-9-15-18;15-14(16,23(19,20)21)11(18)22-8-13-4-9-1-10(5-13)3-12(2-9,6-13)7-17/h1-15H;9-10,17H,1-8H2,(H,19,20,21)/q+1;/p-1. The third kappa shape index (κ3) is 6.41. The fraction of sp³-hybridized carbons (Fsp3) is 0.406. The molecule has 6 nitrogen and oxygen atoms in total. The number of aliphatic hydroxyl groups is 1. The van der Waals surface area contributed by atoms with E-state index >= 15 is 0 Å². The number of aliphatic hydroxyl groups excluding tert-OH is 1. The molecule has 2 unspecified atom stereocenters. The summed E-state index contributed by atoms with van der Waals surface area (Å²) in [5, 5.41) is 4.65. The summed E-state index contributed by atoms with van der Waals surface area (Å²) >= 11 is 0. The monoisotopic (exact) mass is 616 g/mol. The van der Waals surface area contributed by atoms with Crippen LogP contribution in [0.15, 0.2) is 106 Å². The molecule has 0 amide bonds. The smallest absolute Gasteiger partial charge is 0.428 e. The molecular weight excluding hydrogens is 582 g/mol. The molecule has 10 heteroatoms. The summed E-state index contributed by atoms with van der Waals surface area (Å²) in [4.78, 5) is 15.4. The van der Waals surface area contributed by atoms with Crippen LogP contribution in [0.3, 0.4) is 0 Å². The lowest BCUT2D eigenvalue weighted by Crippen LogP contribution is -2.55. The minimum absolute atomic E-state index is 0.0146. The first-order chi connectivity index (χ1) is 20.0. The Hall–Kier alpha value is -2.79. The van der Waals surface area contributed by atoms with E-state index in [1.165, 1.54) is 14.7 Å². The molecule has 3 aromatic carbocycles. The second-order valence-electron chi connectivity index (χ2n) is 11.9. The van der Waals surface area contributed by atoms with E-state index in [2.05, 4.69) is 95.7 Å². The number of benzene rings is 3. The summed E-state index contributed by atoms with van der Waals surface area (Å²) in [7, 11) is -6.11. The molecule has 0 spiro atoms. The minimum atomic E-state index is -6.09. The van der Waals surface area contributed by atoms with E-state index in [9.17, 15) is 31.7 Å². The zero-order chi connectivity index (χ0) is 30.0. The Labute approximate surface area is 248 Å². The highest BCUT2D eigenvalue weighted by atomic mass is 32.2. The van der Waals surface area contributed by atoms with Crippen molar-refractivity contribution in [1.29, 1.82) is 0 Å². The van der Waals surface area contributed by atoms with Gasteiger partial charge in [-0.05, 0) is 92.2 Å². The molecule has 3 aromatic rings. The van der Waals surface area contributed by atoms with Crippen molar-refractivity contribution in [3.63, 3.8) is 0 Å². The maximum absolute atomic E-state index is 13.2. The molecule has 0 aromatic heterocycles. The zero-order valence-electron chi connectivity index (χ0n) is 23.0. The Morgan fingerprint density at radius 3 is 1.62 bits per heavy atom. The number of hydrogen-bond acceptors (Lipinski definition) is 6. The summed E-state index contributed by atoms with van der Waals surface area (Å²) in [5.41, 5.74) is -0.741. The van der Waals surface area contributed by atoms with Crippen LogP contribution in [0.1, 0.15) is 38.5 Å². The summed E-state index contributed by atoms with van der Waals surface area (Å²) in [6.07, 6.45) is 4.82. The first-order valence-corrected chi connectivity index (χ1v) is 16.6. The van der Waals surface area contributed by atoms with Crippen molar-refractivity contribution in [2.45, 2.75) is 58.5 Å². The number of rotatable bonds is 8. The van der Waals surface area contributed by atoms with E-state index in [4.69, 9.17) is 0 Å². The van der Waals surface area contributed by atoms with Crippen LogP contribution in [0.4, 0.5) is 8.78 Å². The van der Waals surface area contributed by atoms with Crippen molar-refractivity contribution in [1.82, 2.24) is 0 Å². The van der Waals surface area contributed by atoms with Gasteiger partial charge in [0.15, 0.2) is 24.8 Å². The van der Waals surface area contributed by atoms with Gasteiger partial charge in [0.1, 0.15) is 0 Å². The largest absolute Gasteiger partial charge is 0.743 e. The average molecular weight is 617 g/mol. The quantitative estimate of drug-likeness (QED) is 0.188. The van der Waals surface area contributed by atoms with Crippen molar-refractivity contribution in [3.8, 4) is 0 Å². The molecule has 4 aliphatic carbocycles. The van der Waals surface area contributed by atoms with Gasteiger partial charge in [-0.3, -0.25) is 0 Å². The third-order valence-corrected chi connectivity index (χ3v) is 11.7. The van der Waals surface area contributed by atoms with Gasteiger partial charge in [0.2, 0.25) is 0 Å². The Kier molecular flexibility index (Phi) is 8.81. The predicted octanol–water partition coefficient (Wildman–Crippen LogP) is 6.03. The van der Waals surface area contributed by atoms with Gasteiger partial charge in [0.25, 0.3) is 0 Å². The van der Waals surface area contributed by atoms with E-state index < -0.39 is 26.8 Å². The number of carbonyl (C=O) groups excluding carboxylic acids is 1. The normalized spacial score (nSPS) is 26.4. The number of carbonyl (C=O) groups is 1. The molecule has 0 saturated heterocycles. The van der Waals surface area contributed by atoms with E-state index in [0.29, 0.717) is 31.1 Å². The molecule has 4 bridgehead atoms. The minimum Gasteiger partial charge on any atom is -0.743 e. The number of ether oxygens (including phenoxy) is 1. The van der Waals surface area contributed by atoms with Crippen molar-refractivity contribution in [2.24, 2.45) is 22.7 Å². The van der Waals surface area contributed by atoms with Crippen molar-refractivity contribution >= 4 is 27.0 Å². The van der Waals surface area contributed by atoms with Crippen LogP contribution in [0.5, 0.6) is 0 Å². The summed E-state index contributed by atoms with van der Waals surface area (Å²) < 4.78 is 62.4. The molecule has 4 saturated carbocycles. The average Bonchev–Trinajstić information content (AvgIpc) is 2.97. The lowest BCUT2D eigenvalue weighted by molar-refractivity contribution is -0.181. The molecule has 0 radical (unpaired) electrons. The summed E-state index contributed by atoms with van der Waals surface area (Å²) in [5.74, 6) is -1.57. The van der Waals surface area contributed by atoms with E-state index in [0.717, 1.165) is 19.3 Å².